The minimum atomic E-state index is -1.60. The van der Waals surface area contributed by atoms with Crippen molar-refractivity contribution in [1.29, 1.82) is 0 Å². The maximum atomic E-state index is 13.0. The normalized spacial score (nSPS) is 22.0. The van der Waals surface area contributed by atoms with E-state index in [0.717, 1.165) is 44.9 Å². The quantitative estimate of drug-likeness (QED) is 0.0306. The van der Waals surface area contributed by atoms with Gasteiger partial charge in [0.1, 0.15) is 30.5 Å². The number of unbranched alkanes of at least 4 members (excludes halogenated alkanes) is 27. The van der Waals surface area contributed by atoms with Crippen LogP contribution < -0.4 is 5.32 Å². The molecule has 7 N–H and O–H groups in total. The Balaban J connectivity index is 2.40. The van der Waals surface area contributed by atoms with Crippen LogP contribution in [0.4, 0.5) is 0 Å². The first-order chi connectivity index (χ1) is 26.3. The number of hydrogen-bond acceptors (Lipinski definition) is 9. The molecule has 1 heterocycles. The summed E-state index contributed by atoms with van der Waals surface area (Å²) in [6.45, 7) is 3.61. The van der Waals surface area contributed by atoms with Gasteiger partial charge < -0.3 is 45.4 Å². The molecule has 1 amide bonds. The van der Waals surface area contributed by atoms with E-state index in [0.29, 0.717) is 6.42 Å². The molecule has 0 saturated carbocycles. The first kappa shape index (κ1) is 51.2. The lowest BCUT2D eigenvalue weighted by Crippen LogP contribution is -2.60. The summed E-state index contributed by atoms with van der Waals surface area (Å²) >= 11 is 0. The highest BCUT2D eigenvalue weighted by Crippen LogP contribution is 2.23. The van der Waals surface area contributed by atoms with Crippen LogP contribution >= 0.6 is 0 Å². The van der Waals surface area contributed by atoms with Crippen LogP contribution in [0.1, 0.15) is 213 Å². The van der Waals surface area contributed by atoms with Crippen molar-refractivity contribution in [3.05, 3.63) is 0 Å². The molecular formula is C44H87NO9. The summed E-state index contributed by atoms with van der Waals surface area (Å²) in [6.07, 6.45) is 26.7. The lowest BCUT2D eigenvalue weighted by atomic mass is 9.98. The van der Waals surface area contributed by atoms with E-state index in [1.807, 2.05) is 0 Å². The number of carbonyl (C=O) groups is 1. The molecule has 2 unspecified atom stereocenters. The van der Waals surface area contributed by atoms with E-state index in [1.54, 1.807) is 0 Å². The molecular weight excluding hydrogens is 686 g/mol. The van der Waals surface area contributed by atoms with Crippen molar-refractivity contribution in [2.75, 3.05) is 13.2 Å². The Bertz CT molecular complexity index is 834. The van der Waals surface area contributed by atoms with Crippen molar-refractivity contribution < 1.29 is 44.9 Å². The van der Waals surface area contributed by atoms with Crippen LogP contribution in [-0.2, 0) is 14.3 Å². The third-order valence-corrected chi connectivity index (χ3v) is 11.3. The van der Waals surface area contributed by atoms with E-state index in [1.165, 1.54) is 141 Å². The third kappa shape index (κ3) is 25.4. The maximum Gasteiger partial charge on any atom is 0.220 e. The smallest absolute Gasteiger partial charge is 0.220 e. The van der Waals surface area contributed by atoms with Crippen molar-refractivity contribution in [3.63, 3.8) is 0 Å². The maximum absolute atomic E-state index is 13.0. The van der Waals surface area contributed by atoms with Crippen LogP contribution in [0.25, 0.3) is 0 Å². The van der Waals surface area contributed by atoms with Gasteiger partial charge in [-0.15, -0.1) is 0 Å². The van der Waals surface area contributed by atoms with Crippen LogP contribution in [0.15, 0.2) is 0 Å². The van der Waals surface area contributed by atoms with Crippen LogP contribution in [-0.4, -0.2) is 98.7 Å². The first-order valence-corrected chi connectivity index (χ1v) is 22.8. The van der Waals surface area contributed by atoms with Gasteiger partial charge >= 0.3 is 0 Å². The van der Waals surface area contributed by atoms with Crippen LogP contribution in [0.3, 0.4) is 0 Å². The largest absolute Gasteiger partial charge is 0.394 e. The monoisotopic (exact) mass is 774 g/mol. The second-order valence-electron chi connectivity index (χ2n) is 16.3. The van der Waals surface area contributed by atoms with E-state index in [4.69, 9.17) is 9.47 Å². The van der Waals surface area contributed by atoms with Gasteiger partial charge in [0.15, 0.2) is 6.29 Å². The van der Waals surface area contributed by atoms with Gasteiger partial charge in [-0.3, -0.25) is 4.79 Å². The fraction of sp³-hybridized carbons (Fsp3) is 0.977. The van der Waals surface area contributed by atoms with Crippen molar-refractivity contribution in [2.45, 2.75) is 262 Å². The number of aliphatic hydroxyl groups excluding tert-OH is 6. The van der Waals surface area contributed by atoms with Gasteiger partial charge in [-0.2, -0.15) is 0 Å². The predicted octanol–water partition coefficient (Wildman–Crippen LogP) is 8.14. The van der Waals surface area contributed by atoms with Crippen molar-refractivity contribution in [3.8, 4) is 0 Å². The average molecular weight is 774 g/mol. The van der Waals surface area contributed by atoms with Crippen molar-refractivity contribution in [2.24, 2.45) is 0 Å². The Morgan fingerprint density at radius 1 is 0.574 bits per heavy atom. The van der Waals surface area contributed by atoms with Crippen molar-refractivity contribution in [1.82, 2.24) is 5.32 Å². The molecule has 8 atom stereocenters. The van der Waals surface area contributed by atoms with Gasteiger partial charge in [-0.05, 0) is 12.8 Å². The predicted molar refractivity (Wildman–Crippen MR) is 218 cm³/mol. The molecule has 1 saturated heterocycles. The molecule has 10 heteroatoms. The molecule has 322 valence electrons. The van der Waals surface area contributed by atoms with Crippen LogP contribution in [0, 0.1) is 0 Å². The molecule has 1 aliphatic heterocycles. The summed E-state index contributed by atoms with van der Waals surface area (Å²) in [5, 5.41) is 65.1. The summed E-state index contributed by atoms with van der Waals surface area (Å²) in [4.78, 5) is 13.0. The second kappa shape index (κ2) is 35.3. The summed E-state index contributed by atoms with van der Waals surface area (Å²) in [7, 11) is 0. The Morgan fingerprint density at radius 3 is 1.37 bits per heavy atom. The topological polar surface area (TPSA) is 169 Å². The molecule has 1 rings (SSSR count). The van der Waals surface area contributed by atoms with E-state index in [2.05, 4.69) is 19.2 Å². The molecule has 0 spiro atoms. The number of rotatable bonds is 38. The summed E-state index contributed by atoms with van der Waals surface area (Å²) in [5.74, 6) is -0.255. The zero-order chi connectivity index (χ0) is 39.7. The molecule has 1 aliphatic rings. The zero-order valence-electron chi connectivity index (χ0n) is 34.9. The van der Waals surface area contributed by atoms with E-state index in [9.17, 15) is 35.4 Å². The highest BCUT2D eigenvalue weighted by Gasteiger charge is 2.44. The standard InChI is InChI=1S/C44H87NO9/c1-3-5-7-9-11-13-15-17-19-20-22-24-26-28-30-32-37(47)40(49)36(35-53-44-43(52)42(51)41(50)38(34-46)54-44)45-39(48)33-31-29-27-25-23-21-18-16-14-12-10-8-6-4-2/h36-38,40-44,46-47,49-52H,3-35H2,1-2H3,(H,45,48)/t36-,37+,38+,40-,41-,42?,43?,44+/m0/s1. The molecule has 0 aromatic rings. The third-order valence-electron chi connectivity index (χ3n) is 11.3. The Labute approximate surface area is 330 Å². The molecule has 54 heavy (non-hydrogen) atoms. The van der Waals surface area contributed by atoms with Gasteiger partial charge in [0.2, 0.25) is 5.91 Å². The molecule has 0 bridgehead atoms. The van der Waals surface area contributed by atoms with E-state index in [-0.39, 0.29) is 18.9 Å². The number of amides is 1. The molecule has 0 radical (unpaired) electrons. The lowest BCUT2D eigenvalue weighted by molar-refractivity contribution is -0.303. The second-order valence-corrected chi connectivity index (χ2v) is 16.3. The highest BCUT2D eigenvalue weighted by atomic mass is 16.7. The lowest BCUT2D eigenvalue weighted by Gasteiger charge is -2.40. The Hall–Kier alpha value is -0.850. The molecule has 1 fully saturated rings. The van der Waals surface area contributed by atoms with Crippen LogP contribution in [0.5, 0.6) is 0 Å². The van der Waals surface area contributed by atoms with Gasteiger partial charge in [-0.25, -0.2) is 0 Å². The molecule has 10 nitrogen and oxygen atoms in total. The van der Waals surface area contributed by atoms with Gasteiger partial charge in [0.25, 0.3) is 0 Å². The SMILES string of the molecule is CCCCCCCCCCCCCCCCC[C@@H](O)[C@@H](O)[C@H](CO[C@@H]1O[C@H](CO)[C@H](O)C(O)C1O)NC(=O)CCCCCCCCCCCCCCCC. The average Bonchev–Trinajstić information content (AvgIpc) is 3.17. The van der Waals surface area contributed by atoms with E-state index < -0.39 is 55.6 Å². The van der Waals surface area contributed by atoms with E-state index >= 15 is 0 Å². The number of hydrogen-bond donors (Lipinski definition) is 7. The number of aliphatic hydroxyl groups is 6. The fourth-order valence-electron chi connectivity index (χ4n) is 7.55. The van der Waals surface area contributed by atoms with Crippen molar-refractivity contribution >= 4 is 5.91 Å². The number of nitrogens with one attached hydrogen (secondary N) is 1. The summed E-state index contributed by atoms with van der Waals surface area (Å²) in [6, 6.07) is -0.983. The van der Waals surface area contributed by atoms with Gasteiger partial charge in [0.05, 0.1) is 25.4 Å². The van der Waals surface area contributed by atoms with Gasteiger partial charge in [-0.1, -0.05) is 194 Å². The minimum Gasteiger partial charge on any atom is -0.394 e. The minimum absolute atomic E-state index is 0.255. The Morgan fingerprint density at radius 2 is 0.963 bits per heavy atom. The summed E-state index contributed by atoms with van der Waals surface area (Å²) < 4.78 is 11.2. The summed E-state index contributed by atoms with van der Waals surface area (Å²) in [5.41, 5.74) is 0. The molecule has 0 aromatic heterocycles. The highest BCUT2D eigenvalue weighted by molar-refractivity contribution is 5.76. The van der Waals surface area contributed by atoms with Gasteiger partial charge in [0, 0.05) is 6.42 Å². The molecule has 0 aromatic carbocycles. The fourth-order valence-corrected chi connectivity index (χ4v) is 7.55. The Kier molecular flexibility index (Phi) is 33.5. The van der Waals surface area contributed by atoms with Crippen LogP contribution in [0.2, 0.25) is 0 Å². The first-order valence-electron chi connectivity index (χ1n) is 22.8. The molecule has 0 aliphatic carbocycles. The number of ether oxygens (including phenoxy) is 2. The number of carbonyl (C=O) groups excluding carboxylic acids is 1. The zero-order valence-corrected chi connectivity index (χ0v) is 34.9.